The highest BCUT2D eigenvalue weighted by atomic mass is 32.2. The van der Waals surface area contributed by atoms with Crippen molar-refractivity contribution in [2.45, 2.75) is 11.1 Å². The molecule has 0 aliphatic carbocycles. The average Bonchev–Trinajstić information content (AvgIpc) is 3.38. The van der Waals surface area contributed by atoms with Crippen LogP contribution in [-0.2, 0) is 16.2 Å². The van der Waals surface area contributed by atoms with Gasteiger partial charge in [0.25, 0.3) is 0 Å². The summed E-state index contributed by atoms with van der Waals surface area (Å²) >= 11 is 0. The van der Waals surface area contributed by atoms with E-state index in [4.69, 9.17) is 5.14 Å². The van der Waals surface area contributed by atoms with Gasteiger partial charge in [0.15, 0.2) is 5.69 Å². The van der Waals surface area contributed by atoms with Crippen molar-refractivity contribution >= 4 is 21.8 Å². The molecule has 2 heterocycles. The average molecular weight is 450 g/mol. The fourth-order valence-corrected chi connectivity index (χ4v) is 3.66. The summed E-state index contributed by atoms with van der Waals surface area (Å²) in [6, 6.07) is 9.62. The third-order valence-electron chi connectivity index (χ3n) is 4.67. The number of primary sulfonamides is 1. The van der Waals surface area contributed by atoms with Crippen molar-refractivity contribution in [1.29, 1.82) is 0 Å². The number of sulfonamides is 1. The van der Waals surface area contributed by atoms with Crippen LogP contribution in [0.2, 0.25) is 0 Å². The highest BCUT2D eigenvalue weighted by Gasteiger charge is 2.35. The maximum absolute atomic E-state index is 14.7. The summed E-state index contributed by atoms with van der Waals surface area (Å²) in [5.41, 5.74) is 0.0522. The number of hydrogen-bond donors (Lipinski definition) is 1. The molecule has 3 aromatic rings. The monoisotopic (exact) mass is 450 g/mol. The zero-order valence-corrected chi connectivity index (χ0v) is 16.5. The van der Waals surface area contributed by atoms with E-state index in [1.54, 1.807) is 12.3 Å². The first-order valence-electron chi connectivity index (χ1n) is 8.84. The summed E-state index contributed by atoms with van der Waals surface area (Å²) in [4.78, 5) is 3.84. The van der Waals surface area contributed by atoms with Gasteiger partial charge in [-0.1, -0.05) is 6.07 Å². The van der Waals surface area contributed by atoms with Gasteiger partial charge in [-0.15, -0.1) is 0 Å². The largest absolute Gasteiger partial charge is 0.435 e. The molecule has 1 aliphatic heterocycles. The van der Waals surface area contributed by atoms with Crippen LogP contribution >= 0.6 is 0 Å². The van der Waals surface area contributed by atoms with Crippen LogP contribution in [0.1, 0.15) is 11.3 Å². The van der Waals surface area contributed by atoms with E-state index < -0.39 is 27.7 Å². The molecule has 31 heavy (non-hydrogen) atoms. The highest BCUT2D eigenvalue weighted by molar-refractivity contribution is 7.89. The van der Waals surface area contributed by atoms with Gasteiger partial charge in [0.2, 0.25) is 10.0 Å². The van der Waals surface area contributed by atoms with Crippen LogP contribution in [0.5, 0.6) is 0 Å². The molecule has 0 unspecified atom stereocenters. The predicted octanol–water partition coefficient (Wildman–Crippen LogP) is 3.81. The number of nitrogens with zero attached hydrogens (tertiary/aromatic N) is 3. The van der Waals surface area contributed by atoms with Crippen molar-refractivity contribution in [3.8, 4) is 16.9 Å². The Bertz CT molecular complexity index is 1320. The van der Waals surface area contributed by atoms with Gasteiger partial charge in [0.05, 0.1) is 22.8 Å². The molecule has 11 heteroatoms. The smallest absolute Gasteiger partial charge is 0.288 e. The Hall–Kier alpha value is -3.31. The SMILES string of the molecule is NS(=O)(=O)c1ccc(-n2nc(C(F)(F)F)cc2-c2cc(C3=CC=NC3)ccc2F)cc1. The number of hydrogen-bond acceptors (Lipinski definition) is 4. The molecule has 0 fully saturated rings. The quantitative estimate of drug-likeness (QED) is 0.613. The molecule has 0 atom stereocenters. The molecule has 0 spiro atoms. The molecule has 2 N–H and O–H groups in total. The molecule has 0 amide bonds. The van der Waals surface area contributed by atoms with E-state index in [0.29, 0.717) is 12.1 Å². The first-order chi connectivity index (χ1) is 14.5. The van der Waals surface area contributed by atoms with Crippen LogP contribution in [0.15, 0.2) is 64.5 Å². The lowest BCUT2D eigenvalue weighted by Gasteiger charge is -2.11. The summed E-state index contributed by atoms with van der Waals surface area (Å²) in [6.07, 6.45) is -1.44. The first kappa shape index (κ1) is 20.9. The van der Waals surface area contributed by atoms with E-state index in [0.717, 1.165) is 28.5 Å². The van der Waals surface area contributed by atoms with Gasteiger partial charge in [0.1, 0.15) is 5.82 Å². The van der Waals surface area contributed by atoms with Crippen LogP contribution in [0.25, 0.3) is 22.5 Å². The molecule has 6 nitrogen and oxygen atoms in total. The Morgan fingerprint density at radius 2 is 1.74 bits per heavy atom. The fourth-order valence-electron chi connectivity index (χ4n) is 3.14. The topological polar surface area (TPSA) is 90.3 Å². The molecule has 0 radical (unpaired) electrons. The van der Waals surface area contributed by atoms with Crippen LogP contribution < -0.4 is 5.14 Å². The van der Waals surface area contributed by atoms with Gasteiger partial charge in [0, 0.05) is 11.8 Å². The van der Waals surface area contributed by atoms with Crippen molar-refractivity contribution in [3.05, 3.63) is 71.7 Å². The number of benzene rings is 2. The lowest BCUT2D eigenvalue weighted by Crippen LogP contribution is -2.12. The minimum atomic E-state index is -4.77. The van der Waals surface area contributed by atoms with E-state index in [2.05, 4.69) is 10.1 Å². The van der Waals surface area contributed by atoms with Gasteiger partial charge < -0.3 is 0 Å². The number of aliphatic imine (C=N–C) groups is 1. The predicted molar refractivity (Wildman–Crippen MR) is 107 cm³/mol. The van der Waals surface area contributed by atoms with Crippen LogP contribution in [0.3, 0.4) is 0 Å². The Morgan fingerprint density at radius 3 is 2.32 bits per heavy atom. The highest BCUT2D eigenvalue weighted by Crippen LogP contribution is 2.35. The molecule has 0 bridgehead atoms. The van der Waals surface area contributed by atoms with Crippen molar-refractivity contribution in [2.24, 2.45) is 10.1 Å². The Labute approximate surface area is 174 Å². The van der Waals surface area contributed by atoms with Gasteiger partial charge in [-0.2, -0.15) is 18.3 Å². The Kier molecular flexibility index (Phi) is 5.02. The van der Waals surface area contributed by atoms with Crippen molar-refractivity contribution in [1.82, 2.24) is 9.78 Å². The standard InChI is InChI=1S/C20H14F4N4O2S/c21-17-6-1-12(13-7-8-26-11-13)9-16(17)18-10-19(20(22,23)24)27-28(18)14-2-4-15(5-3-14)31(25,29)30/h1-10H,11H2,(H2,25,29,30). The van der Waals surface area contributed by atoms with Crippen LogP contribution in [0.4, 0.5) is 17.6 Å². The number of aromatic nitrogens is 2. The molecular formula is C20H14F4N4O2S. The van der Waals surface area contributed by atoms with Crippen LogP contribution in [0, 0.1) is 5.82 Å². The number of alkyl halides is 3. The maximum atomic E-state index is 14.7. The molecule has 0 saturated carbocycles. The second-order valence-corrected chi connectivity index (χ2v) is 8.30. The molecule has 1 aliphatic rings. The van der Waals surface area contributed by atoms with Crippen molar-refractivity contribution in [3.63, 3.8) is 0 Å². The fraction of sp³-hybridized carbons (Fsp3) is 0.100. The molecule has 0 saturated heterocycles. The summed E-state index contributed by atoms with van der Waals surface area (Å²) in [5, 5.41) is 8.65. The Balaban J connectivity index is 1.89. The zero-order chi connectivity index (χ0) is 22.4. The summed E-state index contributed by atoms with van der Waals surface area (Å²) in [6.45, 7) is 0.382. The third-order valence-corrected chi connectivity index (χ3v) is 5.59. The Morgan fingerprint density at radius 1 is 1.03 bits per heavy atom. The lowest BCUT2D eigenvalue weighted by atomic mass is 10.0. The summed E-state index contributed by atoms with van der Waals surface area (Å²) < 4.78 is 78.6. The lowest BCUT2D eigenvalue weighted by molar-refractivity contribution is -0.141. The van der Waals surface area contributed by atoms with Crippen LogP contribution in [-0.4, -0.2) is 31.0 Å². The van der Waals surface area contributed by atoms with Crippen molar-refractivity contribution < 1.29 is 26.0 Å². The molecule has 2 aromatic carbocycles. The number of nitrogens with two attached hydrogens (primary N) is 1. The van der Waals surface area contributed by atoms with E-state index in [-0.39, 0.29) is 21.8 Å². The van der Waals surface area contributed by atoms with Gasteiger partial charge in [-0.05, 0) is 59.7 Å². The second kappa shape index (κ2) is 7.43. The molecule has 4 rings (SSSR count). The number of halogens is 4. The maximum Gasteiger partial charge on any atom is 0.435 e. The third kappa shape index (κ3) is 4.14. The van der Waals surface area contributed by atoms with Crippen molar-refractivity contribution in [2.75, 3.05) is 6.54 Å². The van der Waals surface area contributed by atoms with E-state index in [1.807, 2.05) is 0 Å². The number of rotatable bonds is 4. The normalized spacial score (nSPS) is 14.2. The second-order valence-electron chi connectivity index (χ2n) is 6.74. The minimum absolute atomic E-state index is 0.0937. The van der Waals surface area contributed by atoms with Gasteiger partial charge >= 0.3 is 6.18 Å². The van der Waals surface area contributed by atoms with Gasteiger partial charge in [-0.3, -0.25) is 4.99 Å². The molecule has 160 valence electrons. The summed E-state index contributed by atoms with van der Waals surface area (Å²) in [5.74, 6) is -0.737. The first-order valence-corrected chi connectivity index (χ1v) is 10.4. The van der Waals surface area contributed by atoms with E-state index in [9.17, 15) is 26.0 Å². The van der Waals surface area contributed by atoms with Gasteiger partial charge in [-0.25, -0.2) is 22.6 Å². The summed E-state index contributed by atoms with van der Waals surface area (Å²) in [7, 11) is -3.99. The minimum Gasteiger partial charge on any atom is -0.288 e. The zero-order valence-electron chi connectivity index (χ0n) is 15.6. The van der Waals surface area contributed by atoms with E-state index in [1.165, 1.54) is 30.3 Å². The number of allylic oxidation sites excluding steroid dienone is 1. The van der Waals surface area contributed by atoms with E-state index >= 15 is 0 Å². The molecule has 1 aromatic heterocycles. The molecular weight excluding hydrogens is 436 g/mol.